The Morgan fingerprint density at radius 1 is 1.08 bits per heavy atom. The predicted octanol–water partition coefficient (Wildman–Crippen LogP) is 4.06. The fraction of sp³-hybridized carbons (Fsp3) is 0.200. The molecule has 0 bridgehead atoms. The average molecular weight is 321 g/mol. The van der Waals surface area contributed by atoms with Gasteiger partial charge in [0.25, 0.3) is 0 Å². The number of hydrogen-bond acceptors (Lipinski definition) is 3. The molecule has 122 valence electrons. The Balaban J connectivity index is 2.38. The Morgan fingerprint density at radius 3 is 2.46 bits per heavy atom. The van der Waals surface area contributed by atoms with Crippen LogP contribution in [0.5, 0.6) is 0 Å². The maximum atomic E-state index is 12.6. The lowest BCUT2D eigenvalue weighted by atomic mass is 10.1. The van der Waals surface area contributed by atoms with E-state index in [2.05, 4.69) is 0 Å². The highest BCUT2D eigenvalue weighted by Gasteiger charge is 2.17. The number of carbonyl (C=O) groups excluding carboxylic acids is 1. The van der Waals surface area contributed by atoms with Gasteiger partial charge in [-0.15, -0.1) is 0 Å². The summed E-state index contributed by atoms with van der Waals surface area (Å²) < 4.78 is 7.31. The van der Waals surface area contributed by atoms with Crippen molar-refractivity contribution >= 4 is 16.9 Å². The molecule has 3 aromatic rings. The summed E-state index contributed by atoms with van der Waals surface area (Å²) in [4.78, 5) is 24.0. The Labute approximate surface area is 140 Å². The number of hydrogen-bond donors (Lipinski definition) is 0. The van der Waals surface area contributed by atoms with Gasteiger partial charge in [-0.1, -0.05) is 36.4 Å². The quantitative estimate of drug-likeness (QED) is 0.684. The first-order valence-corrected chi connectivity index (χ1v) is 7.86. The van der Waals surface area contributed by atoms with E-state index in [-0.39, 0.29) is 11.4 Å². The second-order valence-corrected chi connectivity index (χ2v) is 5.86. The third-order valence-corrected chi connectivity index (χ3v) is 3.98. The van der Waals surface area contributed by atoms with Crippen LogP contribution >= 0.6 is 0 Å². The molecule has 1 heterocycles. The third-order valence-electron chi connectivity index (χ3n) is 3.98. The number of fused-ring (bicyclic) bond motifs is 1. The highest BCUT2D eigenvalue weighted by atomic mass is 16.6. The minimum atomic E-state index is -0.525. The van der Waals surface area contributed by atoms with Crippen LogP contribution in [0.15, 0.2) is 59.4 Å². The number of aromatic nitrogens is 1. The molecule has 0 aliphatic heterocycles. The summed E-state index contributed by atoms with van der Waals surface area (Å²) in [5.74, 6) is -0.360. The minimum Gasteiger partial charge on any atom is -0.442 e. The molecule has 0 aliphatic rings. The second-order valence-electron chi connectivity index (χ2n) is 5.86. The van der Waals surface area contributed by atoms with Crippen molar-refractivity contribution in [2.75, 3.05) is 0 Å². The first kappa shape index (κ1) is 16.0. The molecular formula is C20H19NO3. The number of aryl methyl sites for hydroxylation is 1. The van der Waals surface area contributed by atoms with Gasteiger partial charge in [-0.25, -0.2) is 0 Å². The number of esters is 1. The summed E-state index contributed by atoms with van der Waals surface area (Å²) in [5, 5.41) is 0.610. The van der Waals surface area contributed by atoms with Crippen LogP contribution in [0.25, 0.3) is 22.2 Å². The normalized spacial score (nSPS) is 12.1. The van der Waals surface area contributed by atoms with Crippen LogP contribution in [0.2, 0.25) is 0 Å². The zero-order valence-corrected chi connectivity index (χ0v) is 13.9. The SMILES string of the molecule is CC(=O)OC(C)n1c(-c2ccccc2)cc(=O)c2ccc(C)cc21. The van der Waals surface area contributed by atoms with Crippen LogP contribution in [0.3, 0.4) is 0 Å². The fourth-order valence-corrected chi connectivity index (χ4v) is 2.97. The van der Waals surface area contributed by atoms with Crippen molar-refractivity contribution in [3.8, 4) is 11.3 Å². The van der Waals surface area contributed by atoms with E-state index in [0.29, 0.717) is 5.39 Å². The lowest BCUT2D eigenvalue weighted by Crippen LogP contribution is -2.19. The second kappa shape index (κ2) is 6.32. The van der Waals surface area contributed by atoms with Crippen LogP contribution in [-0.4, -0.2) is 10.5 Å². The summed E-state index contributed by atoms with van der Waals surface area (Å²) in [6.45, 7) is 5.16. The Bertz CT molecular complexity index is 958. The highest BCUT2D eigenvalue weighted by Crippen LogP contribution is 2.27. The van der Waals surface area contributed by atoms with Crippen molar-refractivity contribution in [2.45, 2.75) is 27.0 Å². The van der Waals surface area contributed by atoms with Gasteiger partial charge in [-0.3, -0.25) is 9.59 Å². The number of benzene rings is 2. The van der Waals surface area contributed by atoms with Crippen LogP contribution in [0.1, 0.15) is 25.6 Å². The molecule has 24 heavy (non-hydrogen) atoms. The molecule has 0 aliphatic carbocycles. The molecule has 4 nitrogen and oxygen atoms in total. The first-order chi connectivity index (χ1) is 11.5. The van der Waals surface area contributed by atoms with Gasteiger partial charge >= 0.3 is 5.97 Å². The summed E-state index contributed by atoms with van der Waals surface area (Å²) in [7, 11) is 0. The lowest BCUT2D eigenvalue weighted by Gasteiger charge is -2.23. The van der Waals surface area contributed by atoms with E-state index >= 15 is 0 Å². The molecule has 0 amide bonds. The maximum absolute atomic E-state index is 12.6. The largest absolute Gasteiger partial charge is 0.442 e. The van der Waals surface area contributed by atoms with Crippen molar-refractivity contribution in [1.29, 1.82) is 0 Å². The summed E-state index contributed by atoms with van der Waals surface area (Å²) >= 11 is 0. The Hall–Kier alpha value is -2.88. The number of rotatable bonds is 3. The van der Waals surface area contributed by atoms with Gasteiger partial charge in [0.2, 0.25) is 0 Å². The summed E-state index contributed by atoms with van der Waals surface area (Å²) in [6, 6.07) is 16.9. The van der Waals surface area contributed by atoms with Gasteiger partial charge in [0.15, 0.2) is 11.7 Å². The molecule has 0 N–H and O–H groups in total. The monoisotopic (exact) mass is 321 g/mol. The number of nitrogens with zero attached hydrogens (tertiary/aromatic N) is 1. The van der Waals surface area contributed by atoms with E-state index in [0.717, 1.165) is 22.3 Å². The van der Waals surface area contributed by atoms with Gasteiger partial charge in [0.1, 0.15) is 0 Å². The zero-order valence-electron chi connectivity index (χ0n) is 13.9. The molecule has 1 aromatic heterocycles. The molecule has 0 spiro atoms. The Morgan fingerprint density at radius 2 is 1.79 bits per heavy atom. The van der Waals surface area contributed by atoms with Crippen molar-refractivity contribution in [1.82, 2.24) is 4.57 Å². The third kappa shape index (κ3) is 2.95. The Kier molecular flexibility index (Phi) is 4.21. The van der Waals surface area contributed by atoms with Gasteiger partial charge in [-0.05, 0) is 37.1 Å². The standard InChI is InChI=1S/C20H19NO3/c1-13-9-10-17-19(11-13)21(14(2)24-15(3)22)18(12-20(17)23)16-7-5-4-6-8-16/h4-12,14H,1-3H3. The summed E-state index contributed by atoms with van der Waals surface area (Å²) in [5.41, 5.74) is 3.38. The van der Waals surface area contributed by atoms with E-state index in [1.807, 2.05) is 60.0 Å². The first-order valence-electron chi connectivity index (χ1n) is 7.86. The molecule has 0 fully saturated rings. The smallest absolute Gasteiger partial charge is 0.304 e. The molecule has 0 radical (unpaired) electrons. The van der Waals surface area contributed by atoms with Crippen LogP contribution in [0.4, 0.5) is 0 Å². The topological polar surface area (TPSA) is 48.3 Å². The fourth-order valence-electron chi connectivity index (χ4n) is 2.97. The number of carbonyl (C=O) groups is 1. The van der Waals surface area contributed by atoms with Crippen LogP contribution < -0.4 is 5.43 Å². The molecule has 4 heteroatoms. The van der Waals surface area contributed by atoms with Gasteiger partial charge < -0.3 is 9.30 Å². The predicted molar refractivity (Wildman–Crippen MR) is 94.9 cm³/mol. The van der Waals surface area contributed by atoms with E-state index in [4.69, 9.17) is 4.74 Å². The highest BCUT2D eigenvalue weighted by molar-refractivity contribution is 5.83. The molecule has 3 rings (SSSR count). The molecular weight excluding hydrogens is 302 g/mol. The van der Waals surface area contributed by atoms with Gasteiger partial charge in [0.05, 0.1) is 11.2 Å². The molecule has 2 aromatic carbocycles. The molecule has 0 saturated heterocycles. The van der Waals surface area contributed by atoms with Gasteiger partial charge in [-0.2, -0.15) is 0 Å². The average Bonchev–Trinajstić information content (AvgIpc) is 2.54. The van der Waals surface area contributed by atoms with Crippen molar-refractivity contribution in [3.63, 3.8) is 0 Å². The minimum absolute atomic E-state index is 0.0462. The van der Waals surface area contributed by atoms with Crippen molar-refractivity contribution < 1.29 is 9.53 Å². The maximum Gasteiger partial charge on any atom is 0.304 e. The van der Waals surface area contributed by atoms with Crippen molar-refractivity contribution in [2.24, 2.45) is 0 Å². The lowest BCUT2D eigenvalue weighted by molar-refractivity contribution is -0.149. The van der Waals surface area contributed by atoms with E-state index in [1.54, 1.807) is 13.0 Å². The van der Waals surface area contributed by atoms with E-state index < -0.39 is 6.23 Å². The molecule has 0 saturated carbocycles. The molecule has 1 atom stereocenters. The molecule has 1 unspecified atom stereocenters. The van der Waals surface area contributed by atoms with Gasteiger partial charge in [0, 0.05) is 18.4 Å². The van der Waals surface area contributed by atoms with Crippen LogP contribution in [0, 0.1) is 6.92 Å². The number of ether oxygens (including phenoxy) is 1. The van der Waals surface area contributed by atoms with E-state index in [9.17, 15) is 9.59 Å². The summed E-state index contributed by atoms with van der Waals surface area (Å²) in [6.07, 6.45) is -0.525. The number of pyridine rings is 1. The van der Waals surface area contributed by atoms with E-state index in [1.165, 1.54) is 6.92 Å². The van der Waals surface area contributed by atoms with Crippen LogP contribution in [-0.2, 0) is 9.53 Å². The zero-order chi connectivity index (χ0) is 17.3. The van der Waals surface area contributed by atoms with Crippen molar-refractivity contribution in [3.05, 3.63) is 70.4 Å².